The van der Waals surface area contributed by atoms with Crippen molar-refractivity contribution in [3.05, 3.63) is 28.8 Å². The van der Waals surface area contributed by atoms with E-state index in [0.717, 1.165) is 30.8 Å². The van der Waals surface area contributed by atoms with Gasteiger partial charge in [-0.05, 0) is 56.5 Å². The Labute approximate surface area is 125 Å². The van der Waals surface area contributed by atoms with Crippen LogP contribution in [0.4, 0.5) is 5.69 Å². The number of nitrogens with one attached hydrogen (secondary N) is 2. The Morgan fingerprint density at radius 3 is 3.00 bits per heavy atom. The molecule has 1 aromatic rings. The summed E-state index contributed by atoms with van der Waals surface area (Å²) >= 11 is 5.92. The van der Waals surface area contributed by atoms with Gasteiger partial charge in [-0.2, -0.15) is 0 Å². The van der Waals surface area contributed by atoms with E-state index in [4.69, 9.17) is 11.6 Å². The quantitative estimate of drug-likeness (QED) is 0.895. The van der Waals surface area contributed by atoms with Gasteiger partial charge in [0.25, 0.3) is 0 Å². The van der Waals surface area contributed by atoms with E-state index in [0.29, 0.717) is 17.4 Å². The number of aryl methyl sites for hydroxylation is 1. The van der Waals surface area contributed by atoms with E-state index < -0.39 is 0 Å². The second-order valence-corrected chi connectivity index (χ2v) is 5.34. The molecule has 19 heavy (non-hydrogen) atoms. The number of amides is 1. The highest BCUT2D eigenvalue weighted by atomic mass is 35.5. The lowest BCUT2D eigenvalue weighted by atomic mass is 10.0. The number of carbonyl (C=O) groups excluding carboxylic acids is 1. The zero-order chi connectivity index (χ0) is 13.0. The molecular weight excluding hydrogens is 283 g/mol. The maximum Gasteiger partial charge on any atom is 0.224 e. The SMILES string of the molecule is Cc1ccc(Cl)cc1NC(=O)CCC1CCNC1.Cl. The van der Waals surface area contributed by atoms with Gasteiger partial charge in [-0.25, -0.2) is 0 Å². The molecular formula is C14H20Cl2N2O. The van der Waals surface area contributed by atoms with Crippen LogP contribution in [0.1, 0.15) is 24.8 Å². The lowest BCUT2D eigenvalue weighted by molar-refractivity contribution is -0.116. The summed E-state index contributed by atoms with van der Waals surface area (Å²) in [7, 11) is 0. The van der Waals surface area contributed by atoms with Crippen LogP contribution < -0.4 is 10.6 Å². The number of rotatable bonds is 4. The normalized spacial score (nSPS) is 17.9. The third-order valence-electron chi connectivity index (χ3n) is 3.42. The molecule has 0 aromatic heterocycles. The van der Waals surface area contributed by atoms with Crippen molar-refractivity contribution in [3.63, 3.8) is 0 Å². The van der Waals surface area contributed by atoms with Crippen molar-refractivity contribution in [1.29, 1.82) is 0 Å². The molecule has 1 unspecified atom stereocenters. The molecule has 5 heteroatoms. The Morgan fingerprint density at radius 1 is 1.53 bits per heavy atom. The van der Waals surface area contributed by atoms with E-state index >= 15 is 0 Å². The Hall–Kier alpha value is -0.770. The topological polar surface area (TPSA) is 41.1 Å². The van der Waals surface area contributed by atoms with E-state index in [1.165, 1.54) is 6.42 Å². The smallest absolute Gasteiger partial charge is 0.224 e. The van der Waals surface area contributed by atoms with Gasteiger partial charge >= 0.3 is 0 Å². The number of hydrogen-bond donors (Lipinski definition) is 2. The van der Waals surface area contributed by atoms with Gasteiger partial charge in [-0.15, -0.1) is 12.4 Å². The highest BCUT2D eigenvalue weighted by molar-refractivity contribution is 6.31. The minimum atomic E-state index is 0. The summed E-state index contributed by atoms with van der Waals surface area (Å²) in [5, 5.41) is 6.89. The first-order chi connectivity index (χ1) is 8.65. The minimum absolute atomic E-state index is 0. The zero-order valence-electron chi connectivity index (χ0n) is 11.0. The fourth-order valence-corrected chi connectivity index (χ4v) is 2.41. The van der Waals surface area contributed by atoms with E-state index in [1.54, 1.807) is 6.07 Å². The number of halogens is 2. The summed E-state index contributed by atoms with van der Waals surface area (Å²) in [5.41, 5.74) is 1.85. The lowest BCUT2D eigenvalue weighted by Crippen LogP contribution is -2.15. The second-order valence-electron chi connectivity index (χ2n) is 4.90. The average molecular weight is 303 g/mol. The van der Waals surface area contributed by atoms with Crippen LogP contribution in [0.5, 0.6) is 0 Å². The van der Waals surface area contributed by atoms with Crippen LogP contribution in [0, 0.1) is 12.8 Å². The highest BCUT2D eigenvalue weighted by Gasteiger charge is 2.15. The summed E-state index contributed by atoms with van der Waals surface area (Å²) in [5.74, 6) is 0.725. The average Bonchev–Trinajstić information content (AvgIpc) is 2.84. The number of anilines is 1. The molecule has 2 N–H and O–H groups in total. The summed E-state index contributed by atoms with van der Waals surface area (Å²) in [6, 6.07) is 5.54. The molecule has 3 nitrogen and oxygen atoms in total. The molecule has 1 atom stereocenters. The maximum absolute atomic E-state index is 11.9. The van der Waals surface area contributed by atoms with Gasteiger partial charge in [0.05, 0.1) is 0 Å². The Balaban J connectivity index is 0.00000180. The predicted molar refractivity (Wildman–Crippen MR) is 82.3 cm³/mol. The van der Waals surface area contributed by atoms with Crippen LogP contribution in [-0.2, 0) is 4.79 Å². The third-order valence-corrected chi connectivity index (χ3v) is 3.65. The fraction of sp³-hybridized carbons (Fsp3) is 0.500. The van der Waals surface area contributed by atoms with E-state index in [1.807, 2.05) is 19.1 Å². The Bertz CT molecular complexity index is 431. The molecule has 0 spiro atoms. The number of carbonyl (C=O) groups is 1. The van der Waals surface area contributed by atoms with Gasteiger partial charge in [-0.1, -0.05) is 17.7 Å². The van der Waals surface area contributed by atoms with Gasteiger partial charge in [-0.3, -0.25) is 4.79 Å². The lowest BCUT2D eigenvalue weighted by Gasteiger charge is -2.10. The number of hydrogen-bond acceptors (Lipinski definition) is 2. The molecule has 1 heterocycles. The molecule has 1 fully saturated rings. The first-order valence-corrected chi connectivity index (χ1v) is 6.79. The van der Waals surface area contributed by atoms with Crippen LogP contribution >= 0.6 is 24.0 Å². The molecule has 1 aromatic carbocycles. The molecule has 106 valence electrons. The van der Waals surface area contributed by atoms with Gasteiger partial charge in [0.1, 0.15) is 0 Å². The fourth-order valence-electron chi connectivity index (χ4n) is 2.24. The van der Waals surface area contributed by atoms with Crippen molar-refractivity contribution in [3.8, 4) is 0 Å². The van der Waals surface area contributed by atoms with Crippen molar-refractivity contribution in [2.75, 3.05) is 18.4 Å². The standard InChI is InChI=1S/C14H19ClN2O.ClH/c1-10-2-4-12(15)8-13(10)17-14(18)5-3-11-6-7-16-9-11;/h2,4,8,11,16H,3,5-7,9H2,1H3,(H,17,18);1H. The van der Waals surface area contributed by atoms with Crippen LogP contribution in [-0.4, -0.2) is 19.0 Å². The highest BCUT2D eigenvalue weighted by Crippen LogP contribution is 2.21. The maximum atomic E-state index is 11.9. The molecule has 1 amide bonds. The molecule has 0 saturated carbocycles. The molecule has 1 saturated heterocycles. The van der Waals surface area contributed by atoms with Crippen molar-refractivity contribution >= 4 is 35.6 Å². The van der Waals surface area contributed by atoms with Gasteiger partial charge < -0.3 is 10.6 Å². The van der Waals surface area contributed by atoms with Crippen molar-refractivity contribution in [2.24, 2.45) is 5.92 Å². The monoisotopic (exact) mass is 302 g/mol. The number of benzene rings is 1. The van der Waals surface area contributed by atoms with Crippen LogP contribution in [0.25, 0.3) is 0 Å². The van der Waals surface area contributed by atoms with Crippen LogP contribution in [0.3, 0.4) is 0 Å². The van der Waals surface area contributed by atoms with Crippen LogP contribution in [0.15, 0.2) is 18.2 Å². The molecule has 0 radical (unpaired) electrons. The molecule has 2 rings (SSSR count). The molecule has 0 aliphatic carbocycles. The third kappa shape index (κ3) is 5.01. The zero-order valence-corrected chi connectivity index (χ0v) is 12.6. The Kier molecular flexibility index (Phi) is 6.63. The van der Waals surface area contributed by atoms with E-state index in [-0.39, 0.29) is 18.3 Å². The minimum Gasteiger partial charge on any atom is -0.326 e. The Morgan fingerprint density at radius 2 is 2.32 bits per heavy atom. The van der Waals surface area contributed by atoms with Crippen molar-refractivity contribution in [1.82, 2.24) is 5.32 Å². The van der Waals surface area contributed by atoms with Gasteiger partial charge in [0.2, 0.25) is 5.91 Å². The first-order valence-electron chi connectivity index (χ1n) is 6.42. The predicted octanol–water partition coefficient (Wildman–Crippen LogP) is 3.40. The van der Waals surface area contributed by atoms with E-state index in [9.17, 15) is 4.79 Å². The summed E-state index contributed by atoms with van der Waals surface area (Å²) in [6.07, 6.45) is 2.72. The molecule has 1 aliphatic heterocycles. The van der Waals surface area contributed by atoms with E-state index in [2.05, 4.69) is 10.6 Å². The molecule has 1 aliphatic rings. The van der Waals surface area contributed by atoms with Gasteiger partial charge in [0, 0.05) is 17.1 Å². The largest absolute Gasteiger partial charge is 0.326 e. The molecule has 0 bridgehead atoms. The van der Waals surface area contributed by atoms with Crippen molar-refractivity contribution < 1.29 is 4.79 Å². The van der Waals surface area contributed by atoms with Gasteiger partial charge in [0.15, 0.2) is 0 Å². The van der Waals surface area contributed by atoms with Crippen molar-refractivity contribution in [2.45, 2.75) is 26.2 Å². The summed E-state index contributed by atoms with van der Waals surface area (Å²) in [6.45, 7) is 4.09. The van der Waals surface area contributed by atoms with Crippen LogP contribution in [0.2, 0.25) is 5.02 Å². The second kappa shape index (κ2) is 7.73. The first kappa shape index (κ1) is 16.3. The summed E-state index contributed by atoms with van der Waals surface area (Å²) in [4.78, 5) is 11.9. The summed E-state index contributed by atoms with van der Waals surface area (Å²) < 4.78 is 0.